The number of rotatable bonds is 3. The minimum absolute atomic E-state index is 0.182. The highest BCUT2D eigenvalue weighted by atomic mass is 19.1. The molecule has 1 atom stereocenters. The molecule has 0 radical (unpaired) electrons. The number of nitrogens with zero attached hydrogens (tertiary/aromatic N) is 2. The van der Waals surface area contributed by atoms with Gasteiger partial charge in [-0.25, -0.2) is 8.78 Å². The lowest BCUT2D eigenvalue weighted by Crippen LogP contribution is -2.41. The second kappa shape index (κ2) is 7.19. The van der Waals surface area contributed by atoms with Gasteiger partial charge in [-0.15, -0.1) is 0 Å². The zero-order valence-electron chi connectivity index (χ0n) is 14.6. The van der Waals surface area contributed by atoms with Gasteiger partial charge in [0, 0.05) is 42.7 Å². The third-order valence-corrected chi connectivity index (χ3v) is 4.80. The molecule has 1 amide bonds. The third-order valence-electron chi connectivity index (χ3n) is 4.80. The van der Waals surface area contributed by atoms with E-state index in [2.05, 4.69) is 4.57 Å². The SMILES string of the molecule is O=C(/C=C/c1ccc(F)cc1F)N1CCn2cccc2C1c1ccccc1. The molecular formula is C22H18F2N2O. The highest BCUT2D eigenvalue weighted by Crippen LogP contribution is 2.32. The predicted molar refractivity (Wildman–Crippen MR) is 99.8 cm³/mol. The normalized spacial score (nSPS) is 16.5. The van der Waals surface area contributed by atoms with E-state index in [0.717, 1.165) is 17.3 Å². The molecule has 1 aliphatic heterocycles. The van der Waals surface area contributed by atoms with Crippen molar-refractivity contribution in [2.24, 2.45) is 0 Å². The molecule has 2 aromatic carbocycles. The maximum atomic E-state index is 13.8. The number of benzene rings is 2. The summed E-state index contributed by atoms with van der Waals surface area (Å²) < 4.78 is 29.0. The highest BCUT2D eigenvalue weighted by molar-refractivity contribution is 5.92. The zero-order valence-corrected chi connectivity index (χ0v) is 14.6. The summed E-state index contributed by atoms with van der Waals surface area (Å²) in [6, 6.07) is 16.9. The monoisotopic (exact) mass is 364 g/mol. The van der Waals surface area contributed by atoms with Crippen LogP contribution in [0.1, 0.15) is 22.9 Å². The summed E-state index contributed by atoms with van der Waals surface area (Å²) in [6.07, 6.45) is 4.76. The molecule has 1 aromatic heterocycles. The topological polar surface area (TPSA) is 25.2 Å². The average Bonchev–Trinajstić information content (AvgIpc) is 3.15. The van der Waals surface area contributed by atoms with Crippen LogP contribution in [-0.4, -0.2) is 21.9 Å². The van der Waals surface area contributed by atoms with E-state index in [-0.39, 0.29) is 17.5 Å². The van der Waals surface area contributed by atoms with Crippen molar-refractivity contribution in [1.82, 2.24) is 9.47 Å². The summed E-state index contributed by atoms with van der Waals surface area (Å²) in [5, 5.41) is 0. The van der Waals surface area contributed by atoms with E-state index < -0.39 is 11.6 Å². The van der Waals surface area contributed by atoms with Crippen molar-refractivity contribution in [2.45, 2.75) is 12.6 Å². The summed E-state index contributed by atoms with van der Waals surface area (Å²) in [4.78, 5) is 14.7. The van der Waals surface area contributed by atoms with E-state index in [1.807, 2.05) is 48.7 Å². The molecule has 0 aliphatic carbocycles. The molecule has 136 valence electrons. The smallest absolute Gasteiger partial charge is 0.247 e. The number of fused-ring (bicyclic) bond motifs is 1. The van der Waals surface area contributed by atoms with Crippen LogP contribution in [0.15, 0.2) is 72.9 Å². The summed E-state index contributed by atoms with van der Waals surface area (Å²) in [5.41, 5.74) is 2.25. The molecule has 1 aliphatic rings. The lowest BCUT2D eigenvalue weighted by atomic mass is 10.00. The van der Waals surface area contributed by atoms with Crippen molar-refractivity contribution in [3.05, 3.63) is 101 Å². The Bertz CT molecular complexity index is 995. The number of amides is 1. The number of hydrogen-bond donors (Lipinski definition) is 0. The number of halogens is 2. The fraction of sp³-hybridized carbons (Fsp3) is 0.136. The molecule has 0 N–H and O–H groups in total. The first kappa shape index (κ1) is 17.2. The molecule has 4 rings (SSSR count). The molecule has 3 aromatic rings. The van der Waals surface area contributed by atoms with Crippen molar-refractivity contribution in [2.75, 3.05) is 6.54 Å². The molecule has 5 heteroatoms. The second-order valence-electron chi connectivity index (χ2n) is 6.47. The Labute approximate surface area is 156 Å². The molecule has 1 unspecified atom stereocenters. The quantitative estimate of drug-likeness (QED) is 0.632. The average molecular weight is 364 g/mol. The number of carbonyl (C=O) groups is 1. The van der Waals surface area contributed by atoms with Gasteiger partial charge < -0.3 is 9.47 Å². The van der Waals surface area contributed by atoms with Crippen LogP contribution in [0.2, 0.25) is 0 Å². The van der Waals surface area contributed by atoms with Gasteiger partial charge in [0.2, 0.25) is 5.91 Å². The standard InChI is InChI=1S/C22H18F2N2O/c23-18-10-8-16(19(24)15-18)9-11-21(27)26-14-13-25-12-4-7-20(25)22(26)17-5-2-1-3-6-17/h1-12,15,22H,13-14H2/b11-9+. The van der Waals surface area contributed by atoms with Crippen LogP contribution in [0.3, 0.4) is 0 Å². The van der Waals surface area contributed by atoms with E-state index in [1.165, 1.54) is 24.3 Å². The predicted octanol–water partition coefficient (Wildman–Crippen LogP) is 4.41. The van der Waals surface area contributed by atoms with Gasteiger partial charge in [0.1, 0.15) is 11.6 Å². The molecule has 3 nitrogen and oxygen atoms in total. The van der Waals surface area contributed by atoms with Gasteiger partial charge >= 0.3 is 0 Å². The zero-order chi connectivity index (χ0) is 18.8. The van der Waals surface area contributed by atoms with E-state index in [1.54, 1.807) is 4.90 Å². The highest BCUT2D eigenvalue weighted by Gasteiger charge is 2.30. The Hall–Kier alpha value is -3.21. The van der Waals surface area contributed by atoms with E-state index in [0.29, 0.717) is 13.1 Å². The summed E-state index contributed by atoms with van der Waals surface area (Å²) in [7, 11) is 0. The van der Waals surface area contributed by atoms with Crippen LogP contribution >= 0.6 is 0 Å². The van der Waals surface area contributed by atoms with Crippen LogP contribution < -0.4 is 0 Å². The first-order valence-corrected chi connectivity index (χ1v) is 8.77. The maximum absolute atomic E-state index is 13.8. The van der Waals surface area contributed by atoms with Crippen molar-refractivity contribution < 1.29 is 13.6 Å². The lowest BCUT2D eigenvalue weighted by Gasteiger charge is -2.36. The minimum atomic E-state index is -0.689. The Kier molecular flexibility index (Phi) is 4.59. The molecule has 27 heavy (non-hydrogen) atoms. The van der Waals surface area contributed by atoms with Gasteiger partial charge in [0.15, 0.2) is 0 Å². The molecule has 0 saturated carbocycles. The van der Waals surface area contributed by atoms with Crippen LogP contribution in [0, 0.1) is 11.6 Å². The van der Waals surface area contributed by atoms with E-state index >= 15 is 0 Å². The number of hydrogen-bond acceptors (Lipinski definition) is 1. The first-order chi connectivity index (χ1) is 13.1. The largest absolute Gasteiger partial charge is 0.348 e. The molecule has 0 spiro atoms. The van der Waals surface area contributed by atoms with Gasteiger partial charge in [-0.1, -0.05) is 30.3 Å². The van der Waals surface area contributed by atoms with E-state index in [4.69, 9.17) is 0 Å². The molecule has 2 heterocycles. The second-order valence-corrected chi connectivity index (χ2v) is 6.47. The van der Waals surface area contributed by atoms with Crippen LogP contribution in [0.5, 0.6) is 0 Å². The van der Waals surface area contributed by atoms with Crippen molar-refractivity contribution in [3.8, 4) is 0 Å². The molecule has 0 bridgehead atoms. The Morgan fingerprint density at radius 3 is 2.59 bits per heavy atom. The first-order valence-electron chi connectivity index (χ1n) is 8.77. The Morgan fingerprint density at radius 2 is 1.81 bits per heavy atom. The maximum Gasteiger partial charge on any atom is 0.247 e. The number of carbonyl (C=O) groups excluding carboxylic acids is 1. The summed E-state index contributed by atoms with van der Waals surface area (Å²) >= 11 is 0. The van der Waals surface area contributed by atoms with Crippen molar-refractivity contribution >= 4 is 12.0 Å². The van der Waals surface area contributed by atoms with Gasteiger partial charge in [-0.05, 0) is 35.9 Å². The summed E-state index contributed by atoms with van der Waals surface area (Å²) in [5.74, 6) is -1.54. The molecule has 0 saturated heterocycles. The minimum Gasteiger partial charge on any atom is -0.348 e. The van der Waals surface area contributed by atoms with Crippen molar-refractivity contribution in [1.29, 1.82) is 0 Å². The Balaban J connectivity index is 1.65. The van der Waals surface area contributed by atoms with E-state index in [9.17, 15) is 13.6 Å². The Morgan fingerprint density at radius 1 is 1.00 bits per heavy atom. The van der Waals surface area contributed by atoms with Crippen LogP contribution in [0.25, 0.3) is 6.08 Å². The molecular weight excluding hydrogens is 346 g/mol. The fourth-order valence-electron chi connectivity index (χ4n) is 3.50. The fourth-order valence-corrected chi connectivity index (χ4v) is 3.50. The van der Waals surface area contributed by atoms with Gasteiger partial charge in [-0.3, -0.25) is 4.79 Å². The van der Waals surface area contributed by atoms with Gasteiger partial charge in [0.05, 0.1) is 6.04 Å². The lowest BCUT2D eigenvalue weighted by molar-refractivity contribution is -0.128. The summed E-state index contributed by atoms with van der Waals surface area (Å²) in [6.45, 7) is 1.26. The van der Waals surface area contributed by atoms with Gasteiger partial charge in [0.25, 0.3) is 0 Å². The number of aromatic nitrogens is 1. The third kappa shape index (κ3) is 3.40. The van der Waals surface area contributed by atoms with Crippen LogP contribution in [0.4, 0.5) is 8.78 Å². The van der Waals surface area contributed by atoms with Crippen LogP contribution in [-0.2, 0) is 11.3 Å². The molecule has 0 fully saturated rings. The van der Waals surface area contributed by atoms with Gasteiger partial charge in [-0.2, -0.15) is 0 Å². The van der Waals surface area contributed by atoms with Crippen molar-refractivity contribution in [3.63, 3.8) is 0 Å².